The molecule has 94 valence electrons. The van der Waals surface area contributed by atoms with E-state index in [2.05, 4.69) is 32.9 Å². The molecule has 0 aromatic rings. The second-order valence-corrected chi connectivity index (χ2v) is 1.67. The number of hydrogen-bond donors (Lipinski definition) is 4. The first-order valence-electron chi connectivity index (χ1n) is 4.17. The fourth-order valence-corrected chi connectivity index (χ4v) is 0.340. The van der Waals surface area contributed by atoms with Gasteiger partial charge in [-0.05, 0) is 0 Å². The second kappa shape index (κ2) is 45.9. The molecule has 0 saturated heterocycles. The van der Waals surface area contributed by atoms with Gasteiger partial charge in [0.1, 0.15) is 0 Å². The van der Waals surface area contributed by atoms with Crippen LogP contribution in [-0.4, -0.2) is 35.1 Å². The van der Waals surface area contributed by atoms with Crippen molar-refractivity contribution >= 4 is 0 Å². The maximum Gasteiger partial charge on any atom is 4.00 e. The van der Waals surface area contributed by atoms with E-state index in [-0.39, 0.29) is 47.7 Å². The van der Waals surface area contributed by atoms with Gasteiger partial charge in [0.05, 0.1) is 0 Å². The van der Waals surface area contributed by atoms with Crippen LogP contribution in [-0.2, 0) is 21.7 Å². The number of rotatable bonds is 0. The summed E-state index contributed by atoms with van der Waals surface area (Å²) in [6, 6.07) is 0. The van der Waals surface area contributed by atoms with E-state index in [0.717, 1.165) is 6.42 Å². The molecule has 0 fully saturated rings. The van der Waals surface area contributed by atoms with E-state index in [1.165, 1.54) is 0 Å². The molecule has 1 rings (SSSR count). The molecule has 0 radical (unpaired) electrons. The normalized spacial score (nSPS) is 8.88. The van der Waals surface area contributed by atoms with Crippen molar-refractivity contribution in [3.05, 3.63) is 45.1 Å². The molecule has 0 bridgehead atoms. The van der Waals surface area contributed by atoms with Crippen LogP contribution in [0.2, 0.25) is 0 Å². The van der Waals surface area contributed by atoms with Crippen LogP contribution in [0.25, 0.3) is 0 Å². The van der Waals surface area contributed by atoms with Crippen LogP contribution in [0.4, 0.5) is 0 Å². The monoisotopic (exact) mass is 265 g/mol. The Morgan fingerprint density at radius 1 is 1.00 bits per heavy atom. The first kappa shape index (κ1) is 29.8. The molecular weight excluding hydrogens is 242 g/mol. The summed E-state index contributed by atoms with van der Waals surface area (Å²) in [6.07, 6.45) is 10.0. The Morgan fingerprint density at radius 3 is 1.38 bits per heavy atom. The number of aliphatic hydroxyl groups excluding tert-OH is 3. The van der Waals surface area contributed by atoms with E-state index in [1.54, 1.807) is 0 Å². The minimum Gasteiger partial charge on any atom is -0.428 e. The summed E-state index contributed by atoms with van der Waals surface area (Å²) in [5.74, 6) is 0. The smallest absolute Gasteiger partial charge is 0.428 e. The average Bonchev–Trinajstić information content (AvgIpc) is 2.63. The minimum absolute atomic E-state index is 0. The minimum atomic E-state index is 0. The molecule has 1 aliphatic carbocycles. The van der Waals surface area contributed by atoms with Gasteiger partial charge in [0.25, 0.3) is 0 Å². The van der Waals surface area contributed by atoms with Gasteiger partial charge in [-0.1, -0.05) is 19.8 Å². The van der Waals surface area contributed by atoms with Crippen molar-refractivity contribution in [2.45, 2.75) is 6.42 Å². The summed E-state index contributed by atoms with van der Waals surface area (Å²) in [4.78, 5) is 0. The third-order valence-corrected chi connectivity index (χ3v) is 0.586. The fraction of sp³-hybridized carbons (Fsp3) is 0.364. The predicted octanol–water partition coefficient (Wildman–Crippen LogP) is 0.904. The number of hydrogen-bond acceptors (Lipinski definition) is 4. The van der Waals surface area contributed by atoms with Crippen LogP contribution >= 0.6 is 0 Å². The van der Waals surface area contributed by atoms with Crippen molar-refractivity contribution in [2.24, 2.45) is 0 Å². The zero-order valence-electron chi connectivity index (χ0n) is 9.73. The van der Waals surface area contributed by atoms with E-state index in [9.17, 15) is 0 Å². The Balaban J connectivity index is -0.0000000336. The van der Waals surface area contributed by atoms with Crippen LogP contribution in [0.5, 0.6) is 0 Å². The van der Waals surface area contributed by atoms with E-state index in [1.807, 2.05) is 12.2 Å². The number of allylic oxidation sites excluding steroid dienone is 4. The Bertz CT molecular complexity index is 105. The summed E-state index contributed by atoms with van der Waals surface area (Å²) < 4.78 is 0. The van der Waals surface area contributed by atoms with Crippen LogP contribution in [0.15, 0.2) is 18.2 Å². The molecule has 0 spiro atoms. The molecule has 0 atom stereocenters. The molecule has 1 aliphatic rings. The van der Waals surface area contributed by atoms with Gasteiger partial charge in [0.15, 0.2) is 0 Å². The molecule has 6 N–H and O–H groups in total. The molecule has 16 heavy (non-hydrogen) atoms. The summed E-state index contributed by atoms with van der Waals surface area (Å²) in [7, 11) is 0. The molecule has 0 aliphatic heterocycles. The first-order chi connectivity index (χ1) is 6.74. The van der Waals surface area contributed by atoms with Crippen molar-refractivity contribution in [2.75, 3.05) is 19.8 Å². The van der Waals surface area contributed by atoms with Crippen molar-refractivity contribution < 1.29 is 37.0 Å². The molecule has 5 heteroatoms. The van der Waals surface area contributed by atoms with Crippen molar-refractivity contribution in [3.8, 4) is 0 Å². The van der Waals surface area contributed by atoms with Crippen LogP contribution in [0.1, 0.15) is 6.42 Å². The fourth-order valence-electron chi connectivity index (χ4n) is 0.340. The van der Waals surface area contributed by atoms with E-state index >= 15 is 0 Å². The van der Waals surface area contributed by atoms with Crippen LogP contribution in [0.3, 0.4) is 0 Å². The Hall–Kier alpha value is 0.0343. The summed E-state index contributed by atoms with van der Waals surface area (Å²) in [5, 5.41) is 22.4. The van der Waals surface area contributed by atoms with Crippen LogP contribution in [0, 0.1) is 26.8 Å². The maximum absolute atomic E-state index is 7.46. The van der Waals surface area contributed by atoms with Gasteiger partial charge in [0.2, 0.25) is 0 Å². The quantitative estimate of drug-likeness (QED) is 0.386. The van der Waals surface area contributed by atoms with Gasteiger partial charge in [0, 0.05) is 0 Å². The Morgan fingerprint density at radius 2 is 1.31 bits per heavy atom. The average molecular weight is 265 g/mol. The summed E-state index contributed by atoms with van der Waals surface area (Å²) in [6.45, 7) is 9.12. The van der Waals surface area contributed by atoms with Crippen molar-refractivity contribution in [1.29, 1.82) is 0 Å². The third kappa shape index (κ3) is 94.1. The zero-order chi connectivity index (χ0) is 11.7. The third-order valence-electron chi connectivity index (χ3n) is 0.586. The predicted molar refractivity (Wildman–Crippen MR) is 63.9 cm³/mol. The summed E-state index contributed by atoms with van der Waals surface area (Å²) >= 11 is 0. The van der Waals surface area contributed by atoms with Crippen molar-refractivity contribution in [1.82, 2.24) is 6.15 Å². The first-order valence-corrected chi connectivity index (χ1v) is 4.17. The molecule has 4 nitrogen and oxygen atoms in total. The summed E-state index contributed by atoms with van der Waals surface area (Å²) in [5.41, 5.74) is 0. The molecule has 0 unspecified atom stereocenters. The Labute approximate surface area is 115 Å². The second-order valence-electron chi connectivity index (χ2n) is 1.67. The molecular formula is C11H23NO3Ti. The topological polar surface area (TPSA) is 95.7 Å². The zero-order valence-corrected chi connectivity index (χ0v) is 11.3. The molecule has 0 aromatic heterocycles. The van der Waals surface area contributed by atoms with Gasteiger partial charge in [-0.2, -0.15) is 6.08 Å². The Kier molecular flexibility index (Phi) is 85.3. The largest absolute Gasteiger partial charge is 4.00 e. The molecule has 0 saturated carbocycles. The van der Waals surface area contributed by atoms with E-state index in [0.29, 0.717) is 0 Å². The van der Waals surface area contributed by atoms with E-state index in [4.69, 9.17) is 15.3 Å². The van der Waals surface area contributed by atoms with E-state index < -0.39 is 0 Å². The molecule has 0 amide bonds. The van der Waals surface area contributed by atoms with Crippen molar-refractivity contribution in [3.63, 3.8) is 0 Å². The molecule has 0 aromatic carbocycles. The maximum atomic E-state index is 7.46. The standard InChI is InChI=1S/C5H5.3C2H5O.H3N.Ti/c1-2-4-5-3-1;3*1-2-3;;/h1-3H,4H2;3*3H,1-2H2;1H3;/q4*-1;;+4. The molecule has 0 heterocycles. The van der Waals surface area contributed by atoms with Gasteiger partial charge in [-0.15, -0.1) is 6.42 Å². The number of aliphatic hydroxyl groups is 3. The van der Waals surface area contributed by atoms with Gasteiger partial charge < -0.3 is 42.2 Å². The van der Waals surface area contributed by atoms with Gasteiger partial charge >= 0.3 is 21.7 Å². The SMILES string of the molecule is N.[C-]1=CC=CC1.[CH2-]CO.[CH2-]CO.[CH2-]CO.[Ti+4]. The van der Waals surface area contributed by atoms with Crippen LogP contribution < -0.4 is 6.15 Å². The van der Waals surface area contributed by atoms with Gasteiger partial charge in [-0.3, -0.25) is 6.08 Å². The van der Waals surface area contributed by atoms with Gasteiger partial charge in [-0.25, -0.2) is 12.2 Å².